The fraction of sp³-hybridized carbons (Fsp3) is 0. The zero-order valence-electron chi connectivity index (χ0n) is 6.61. The van der Waals surface area contributed by atoms with Gasteiger partial charge in [0.15, 0.2) is 0 Å². The van der Waals surface area contributed by atoms with E-state index in [1.807, 2.05) is 0 Å². The zero-order chi connectivity index (χ0) is 9.76. The lowest BCUT2D eigenvalue weighted by Crippen LogP contribution is -2.10. The van der Waals surface area contributed by atoms with E-state index in [2.05, 4.69) is 18.4 Å². The van der Waals surface area contributed by atoms with Crippen LogP contribution in [0, 0.1) is 0 Å². The molecule has 2 aromatic rings. The molecule has 8 heteroatoms. The van der Waals surface area contributed by atoms with Crippen LogP contribution in [0.1, 0.15) is 0 Å². The maximum Gasteiger partial charge on any atom is 0.503 e. The van der Waals surface area contributed by atoms with Gasteiger partial charge in [-0.15, -0.1) is 13.5 Å². The Bertz CT molecular complexity index is 617. The highest BCUT2D eigenvalue weighted by atomic mass is 32.3. The van der Waals surface area contributed by atoms with Crippen molar-refractivity contribution in [1.29, 1.82) is 0 Å². The maximum absolute atomic E-state index is 10.9. The molecule has 0 unspecified atom stereocenters. The first-order chi connectivity index (χ1) is 6.66. The Kier molecular flexibility index (Phi) is 1.16. The van der Waals surface area contributed by atoms with Crippen LogP contribution in [0.3, 0.4) is 0 Å². The molecule has 0 atom stereocenters. The molecule has 0 aliphatic carbocycles. The Labute approximate surface area is 78.2 Å². The van der Waals surface area contributed by atoms with Crippen LogP contribution in [0.2, 0.25) is 0 Å². The summed E-state index contributed by atoms with van der Waals surface area (Å²) in [6.07, 6.45) is 3.12. The average molecular weight is 213 g/mol. The molecule has 7 nitrogen and oxygen atoms in total. The van der Waals surface area contributed by atoms with Gasteiger partial charge >= 0.3 is 16.3 Å². The lowest BCUT2D eigenvalue weighted by Gasteiger charge is -1.94. The van der Waals surface area contributed by atoms with E-state index in [4.69, 9.17) is 0 Å². The third-order valence-corrected chi connectivity index (χ3v) is 2.42. The lowest BCUT2D eigenvalue weighted by molar-refractivity contribution is 0.429. The fourth-order valence-corrected chi connectivity index (χ4v) is 1.88. The zero-order valence-corrected chi connectivity index (χ0v) is 7.43. The van der Waals surface area contributed by atoms with Crippen molar-refractivity contribution in [2.24, 2.45) is 0 Å². The molecule has 0 fully saturated rings. The Morgan fingerprint density at radius 1 is 1.36 bits per heavy atom. The number of aromatic nitrogens is 3. The highest BCUT2D eigenvalue weighted by molar-refractivity contribution is 7.82. The minimum Gasteiger partial charge on any atom is -0.343 e. The van der Waals surface area contributed by atoms with Crippen LogP contribution in [0.25, 0.3) is 5.65 Å². The van der Waals surface area contributed by atoms with E-state index < -0.39 is 10.4 Å². The summed E-state index contributed by atoms with van der Waals surface area (Å²) in [5.41, 5.74) is 0.309. The van der Waals surface area contributed by atoms with E-state index in [1.54, 1.807) is 12.3 Å². The van der Waals surface area contributed by atoms with Crippen molar-refractivity contribution in [2.75, 3.05) is 0 Å². The molecule has 0 saturated heterocycles. The number of nitrogens with zero attached hydrogens (tertiary/aromatic N) is 3. The molecule has 0 spiro atoms. The number of hydrogen-bond acceptors (Lipinski definition) is 6. The summed E-state index contributed by atoms with van der Waals surface area (Å²) in [5, 5.41) is 3.82. The van der Waals surface area contributed by atoms with Gasteiger partial charge in [-0.3, -0.25) is 0 Å². The molecule has 3 rings (SSSR count). The standard InChI is InChI=1S/C6H3N3O4S/c10-14(11)12-4-5-7-2-1-3-9(5)8-6(4)13-14/h1-3H. The summed E-state index contributed by atoms with van der Waals surface area (Å²) in [7, 11) is -3.97. The summed E-state index contributed by atoms with van der Waals surface area (Å²) in [6, 6.07) is 1.66. The molecule has 1 aliphatic heterocycles. The molecule has 0 bridgehead atoms. The molecule has 0 amide bonds. The third kappa shape index (κ3) is 0.880. The van der Waals surface area contributed by atoms with E-state index in [9.17, 15) is 8.42 Å². The van der Waals surface area contributed by atoms with Gasteiger partial charge in [0.2, 0.25) is 5.65 Å². The summed E-state index contributed by atoms with van der Waals surface area (Å²) < 4.78 is 32.1. The SMILES string of the molecule is O=S1(=O)Oc2nn3cccnc3c2O1. The molecule has 0 N–H and O–H groups in total. The maximum atomic E-state index is 10.9. The highest BCUT2D eigenvalue weighted by Crippen LogP contribution is 2.37. The molecule has 0 aromatic carbocycles. The lowest BCUT2D eigenvalue weighted by atomic mass is 10.5. The Morgan fingerprint density at radius 3 is 3.07 bits per heavy atom. The topological polar surface area (TPSA) is 82.8 Å². The van der Waals surface area contributed by atoms with Crippen LogP contribution >= 0.6 is 0 Å². The third-order valence-electron chi connectivity index (χ3n) is 1.69. The molecule has 14 heavy (non-hydrogen) atoms. The number of hydrogen-bond donors (Lipinski definition) is 0. The van der Waals surface area contributed by atoms with Crippen LogP contribution in [-0.2, 0) is 10.4 Å². The van der Waals surface area contributed by atoms with E-state index in [1.165, 1.54) is 10.7 Å². The first-order valence-electron chi connectivity index (χ1n) is 3.63. The van der Waals surface area contributed by atoms with Crippen LogP contribution in [-0.4, -0.2) is 23.0 Å². The Balaban J connectivity index is 2.36. The Hall–Kier alpha value is -1.83. The van der Waals surface area contributed by atoms with Crippen molar-refractivity contribution < 1.29 is 16.8 Å². The van der Waals surface area contributed by atoms with Gasteiger partial charge < -0.3 is 8.37 Å². The molecule has 0 radical (unpaired) electrons. The molecule has 72 valence electrons. The normalized spacial score (nSPS) is 17.4. The van der Waals surface area contributed by atoms with E-state index >= 15 is 0 Å². The average Bonchev–Trinajstić information content (AvgIpc) is 2.56. The van der Waals surface area contributed by atoms with Gasteiger partial charge in [-0.2, -0.15) is 0 Å². The van der Waals surface area contributed by atoms with Crippen molar-refractivity contribution in [2.45, 2.75) is 0 Å². The largest absolute Gasteiger partial charge is 0.503 e. The predicted octanol–water partition coefficient (Wildman–Crippen LogP) is -0.255. The van der Waals surface area contributed by atoms with Gasteiger partial charge in [0.05, 0.1) is 0 Å². The first-order valence-corrected chi connectivity index (χ1v) is 4.96. The summed E-state index contributed by atoms with van der Waals surface area (Å²) in [6.45, 7) is 0. The van der Waals surface area contributed by atoms with Crippen LogP contribution < -0.4 is 8.37 Å². The van der Waals surface area contributed by atoms with Gasteiger partial charge in [-0.05, 0) is 6.07 Å². The van der Waals surface area contributed by atoms with Crippen molar-refractivity contribution >= 4 is 16.0 Å². The van der Waals surface area contributed by atoms with Crippen LogP contribution in [0.15, 0.2) is 18.5 Å². The van der Waals surface area contributed by atoms with Crippen LogP contribution in [0.4, 0.5) is 0 Å². The van der Waals surface area contributed by atoms with Gasteiger partial charge in [-0.1, -0.05) is 0 Å². The molecule has 0 saturated carbocycles. The second-order valence-electron chi connectivity index (χ2n) is 2.60. The van der Waals surface area contributed by atoms with E-state index in [0.717, 1.165) is 0 Å². The molecule has 3 heterocycles. The smallest absolute Gasteiger partial charge is 0.343 e. The fourth-order valence-electron chi connectivity index (χ4n) is 1.19. The van der Waals surface area contributed by atoms with Gasteiger partial charge in [0, 0.05) is 12.4 Å². The summed E-state index contributed by atoms with van der Waals surface area (Å²) in [5.74, 6) is -0.0469. The molecule has 1 aliphatic rings. The molecular weight excluding hydrogens is 210 g/mol. The van der Waals surface area contributed by atoms with Gasteiger partial charge in [0.1, 0.15) is 0 Å². The van der Waals surface area contributed by atoms with Crippen molar-refractivity contribution in [1.82, 2.24) is 14.6 Å². The van der Waals surface area contributed by atoms with Crippen molar-refractivity contribution in [3.8, 4) is 11.6 Å². The monoisotopic (exact) mass is 213 g/mol. The second-order valence-corrected chi connectivity index (χ2v) is 3.75. The van der Waals surface area contributed by atoms with Gasteiger partial charge in [0.25, 0.3) is 5.75 Å². The quantitative estimate of drug-likeness (QED) is 0.599. The highest BCUT2D eigenvalue weighted by Gasteiger charge is 2.34. The second kappa shape index (κ2) is 2.15. The van der Waals surface area contributed by atoms with Gasteiger partial charge in [-0.25, -0.2) is 9.50 Å². The minimum absolute atomic E-state index is 0.0330. The van der Waals surface area contributed by atoms with Crippen LogP contribution in [0.5, 0.6) is 11.6 Å². The molecule has 2 aromatic heterocycles. The Morgan fingerprint density at radius 2 is 2.21 bits per heavy atom. The molecular formula is C6H3N3O4S. The summed E-state index contributed by atoms with van der Waals surface area (Å²) >= 11 is 0. The van der Waals surface area contributed by atoms with E-state index in [0.29, 0.717) is 5.65 Å². The number of fused-ring (bicyclic) bond motifs is 3. The predicted molar refractivity (Wildman–Crippen MR) is 43.2 cm³/mol. The number of rotatable bonds is 0. The van der Waals surface area contributed by atoms with E-state index in [-0.39, 0.29) is 11.6 Å². The van der Waals surface area contributed by atoms with Crippen molar-refractivity contribution in [3.63, 3.8) is 0 Å². The summed E-state index contributed by atoms with van der Waals surface area (Å²) in [4.78, 5) is 3.91. The first kappa shape index (κ1) is 7.56. The van der Waals surface area contributed by atoms with Crippen molar-refractivity contribution in [3.05, 3.63) is 18.5 Å². The minimum atomic E-state index is -3.97.